The lowest BCUT2D eigenvalue weighted by molar-refractivity contribution is 0.689. The Labute approximate surface area is 182 Å². The Bertz CT molecular complexity index is 1490. The highest BCUT2D eigenvalue weighted by molar-refractivity contribution is 7.21. The number of thiophene rings is 1. The molecule has 5 aromatic rings. The molecule has 0 N–H and O–H groups in total. The maximum atomic E-state index is 13.2. The largest absolute Gasteiger partial charge is 0.293 e. The number of fused-ring (bicyclic) bond motifs is 1. The first-order chi connectivity index (χ1) is 15.2. The summed E-state index contributed by atoms with van der Waals surface area (Å²) in [5.74, 6) is 0. The maximum absolute atomic E-state index is 13.2. The van der Waals surface area contributed by atoms with Crippen LogP contribution in [0, 0.1) is 18.3 Å². The Hall–Kier alpha value is -4.02. The maximum Gasteiger partial charge on any atom is 0.262 e. The Kier molecular flexibility index (Phi) is 4.69. The Morgan fingerprint density at radius 3 is 2.48 bits per heavy atom. The smallest absolute Gasteiger partial charge is 0.262 e. The number of nitrogens with zero attached hydrogens (tertiary/aromatic N) is 5. The van der Waals surface area contributed by atoms with E-state index in [4.69, 9.17) is 0 Å². The van der Waals surface area contributed by atoms with Gasteiger partial charge in [0.2, 0.25) is 0 Å². The van der Waals surface area contributed by atoms with Crippen molar-refractivity contribution in [3.05, 3.63) is 100 Å². The Morgan fingerprint density at radius 1 is 1.06 bits per heavy atom. The lowest BCUT2D eigenvalue weighted by atomic mass is 10.2. The average Bonchev–Trinajstić information content (AvgIpc) is 3.38. The van der Waals surface area contributed by atoms with Gasteiger partial charge in [-0.05, 0) is 30.7 Å². The van der Waals surface area contributed by atoms with Crippen molar-refractivity contribution in [2.45, 2.75) is 13.5 Å². The summed E-state index contributed by atoms with van der Waals surface area (Å²) in [4.78, 5) is 19.5. The number of hydrogen-bond donors (Lipinski definition) is 0. The number of rotatable bonds is 4. The second-order valence-corrected chi connectivity index (χ2v) is 8.17. The van der Waals surface area contributed by atoms with E-state index in [2.05, 4.69) is 16.2 Å². The van der Waals surface area contributed by atoms with Gasteiger partial charge in [-0.15, -0.1) is 11.3 Å². The van der Waals surface area contributed by atoms with E-state index < -0.39 is 0 Å². The molecule has 0 radical (unpaired) electrons. The molecule has 0 atom stereocenters. The zero-order chi connectivity index (χ0) is 21.4. The minimum Gasteiger partial charge on any atom is -0.293 e. The molecule has 0 saturated heterocycles. The number of nitriles is 1. The van der Waals surface area contributed by atoms with Crippen LogP contribution < -0.4 is 5.56 Å². The predicted octanol–water partition coefficient (Wildman–Crippen LogP) is 4.54. The molecule has 3 aromatic heterocycles. The molecule has 6 nitrogen and oxygen atoms in total. The molecule has 0 aliphatic heterocycles. The molecule has 2 aromatic carbocycles. The quantitative estimate of drug-likeness (QED) is 0.425. The van der Waals surface area contributed by atoms with Crippen LogP contribution in [0.4, 0.5) is 0 Å². The van der Waals surface area contributed by atoms with Crippen LogP contribution in [-0.4, -0.2) is 19.3 Å². The van der Waals surface area contributed by atoms with Crippen molar-refractivity contribution in [3.8, 4) is 22.2 Å². The van der Waals surface area contributed by atoms with Crippen molar-refractivity contribution in [1.82, 2.24) is 19.3 Å². The number of para-hydroxylation sites is 1. The van der Waals surface area contributed by atoms with Crippen LogP contribution in [0.1, 0.15) is 17.0 Å². The third kappa shape index (κ3) is 3.33. The highest BCUT2D eigenvalue weighted by atomic mass is 32.1. The van der Waals surface area contributed by atoms with Crippen molar-refractivity contribution in [2.24, 2.45) is 0 Å². The molecule has 31 heavy (non-hydrogen) atoms. The van der Waals surface area contributed by atoms with E-state index in [1.165, 1.54) is 11.3 Å². The molecule has 0 spiro atoms. The topological polar surface area (TPSA) is 76.5 Å². The first kappa shape index (κ1) is 19.0. The normalized spacial score (nSPS) is 11.0. The third-order valence-corrected chi connectivity index (χ3v) is 6.26. The summed E-state index contributed by atoms with van der Waals surface area (Å²) in [6.45, 7) is 2.01. The van der Waals surface area contributed by atoms with Gasteiger partial charge in [0.1, 0.15) is 10.9 Å². The summed E-state index contributed by atoms with van der Waals surface area (Å²) in [5, 5.41) is 14.8. The molecule has 0 aliphatic carbocycles. The van der Waals surface area contributed by atoms with Gasteiger partial charge < -0.3 is 0 Å². The highest BCUT2D eigenvalue weighted by Crippen LogP contribution is 2.30. The van der Waals surface area contributed by atoms with E-state index in [0.717, 1.165) is 16.1 Å². The molecule has 0 aliphatic rings. The van der Waals surface area contributed by atoms with Crippen molar-refractivity contribution in [1.29, 1.82) is 5.26 Å². The van der Waals surface area contributed by atoms with Gasteiger partial charge in [-0.3, -0.25) is 9.36 Å². The van der Waals surface area contributed by atoms with Gasteiger partial charge in [-0.2, -0.15) is 10.4 Å². The first-order valence-electron chi connectivity index (χ1n) is 9.74. The summed E-state index contributed by atoms with van der Waals surface area (Å²) in [7, 11) is 0. The van der Waals surface area contributed by atoms with Crippen LogP contribution in [0.2, 0.25) is 0 Å². The fourth-order valence-electron chi connectivity index (χ4n) is 3.63. The van der Waals surface area contributed by atoms with E-state index >= 15 is 0 Å². The summed E-state index contributed by atoms with van der Waals surface area (Å²) in [5.41, 5.74) is 3.53. The Morgan fingerprint density at radius 2 is 1.77 bits per heavy atom. The molecule has 3 heterocycles. The SMILES string of the molecule is Cc1nn(-c2ccccc2)c(Cn2cnc3sc(-c4ccccc4)cc3c2=O)c1C#N. The minimum atomic E-state index is -0.134. The molecule has 0 fully saturated rings. The predicted molar refractivity (Wildman–Crippen MR) is 121 cm³/mol. The second-order valence-electron chi connectivity index (χ2n) is 7.14. The van der Waals surface area contributed by atoms with Gasteiger partial charge in [0.25, 0.3) is 5.56 Å². The van der Waals surface area contributed by atoms with Gasteiger partial charge in [0.05, 0.1) is 40.9 Å². The van der Waals surface area contributed by atoms with Crippen LogP contribution in [0.3, 0.4) is 0 Å². The number of hydrogen-bond acceptors (Lipinski definition) is 5. The van der Waals surface area contributed by atoms with Crippen LogP contribution in [0.15, 0.2) is 77.9 Å². The summed E-state index contributed by atoms with van der Waals surface area (Å²) in [6, 6.07) is 23.7. The molecule has 0 amide bonds. The van der Waals surface area contributed by atoms with Crippen LogP contribution in [0.25, 0.3) is 26.3 Å². The molecular formula is C24H17N5OS. The lowest BCUT2D eigenvalue weighted by Crippen LogP contribution is -2.22. The van der Waals surface area contributed by atoms with E-state index in [1.807, 2.05) is 66.7 Å². The zero-order valence-corrected chi connectivity index (χ0v) is 17.5. The standard InChI is InChI=1S/C24H17N5OS/c1-16-20(13-25)21(29(27-16)18-10-6-3-7-11-18)14-28-15-26-23-19(24(28)30)12-22(31-23)17-8-4-2-5-9-17/h2-12,15H,14H2,1H3. The molecule has 0 unspecified atom stereocenters. The summed E-state index contributed by atoms with van der Waals surface area (Å²) >= 11 is 1.50. The minimum absolute atomic E-state index is 0.134. The molecule has 150 valence electrons. The van der Waals surface area contributed by atoms with Gasteiger partial charge in [0, 0.05) is 4.88 Å². The van der Waals surface area contributed by atoms with Crippen molar-refractivity contribution in [3.63, 3.8) is 0 Å². The summed E-state index contributed by atoms with van der Waals surface area (Å²) in [6.07, 6.45) is 1.55. The van der Waals surface area contributed by atoms with Crippen LogP contribution >= 0.6 is 11.3 Å². The first-order valence-corrected chi connectivity index (χ1v) is 10.6. The lowest BCUT2D eigenvalue weighted by Gasteiger charge is -2.09. The van der Waals surface area contributed by atoms with Crippen LogP contribution in [-0.2, 0) is 6.54 Å². The van der Waals surface area contributed by atoms with E-state index in [1.54, 1.807) is 22.5 Å². The molecule has 0 saturated carbocycles. The second kappa shape index (κ2) is 7.67. The molecule has 7 heteroatoms. The van der Waals surface area contributed by atoms with Gasteiger partial charge in [0.15, 0.2) is 0 Å². The number of aromatic nitrogens is 4. The van der Waals surface area contributed by atoms with Gasteiger partial charge in [-0.1, -0.05) is 48.5 Å². The third-order valence-electron chi connectivity index (χ3n) is 5.17. The fourth-order valence-corrected chi connectivity index (χ4v) is 4.62. The van der Waals surface area contributed by atoms with Crippen molar-refractivity contribution < 1.29 is 0 Å². The monoisotopic (exact) mass is 423 g/mol. The zero-order valence-electron chi connectivity index (χ0n) is 16.7. The van der Waals surface area contributed by atoms with E-state index in [9.17, 15) is 10.1 Å². The van der Waals surface area contributed by atoms with Crippen molar-refractivity contribution >= 4 is 21.6 Å². The van der Waals surface area contributed by atoms with E-state index in [-0.39, 0.29) is 12.1 Å². The average molecular weight is 424 g/mol. The number of benzene rings is 2. The Balaban J connectivity index is 1.61. The summed E-state index contributed by atoms with van der Waals surface area (Å²) < 4.78 is 3.27. The van der Waals surface area contributed by atoms with Crippen molar-refractivity contribution in [2.75, 3.05) is 0 Å². The highest BCUT2D eigenvalue weighted by Gasteiger charge is 2.18. The number of aryl methyl sites for hydroxylation is 1. The molecule has 5 rings (SSSR count). The van der Waals surface area contributed by atoms with E-state index in [0.29, 0.717) is 27.2 Å². The molecular weight excluding hydrogens is 406 g/mol. The van der Waals surface area contributed by atoms with Gasteiger partial charge in [-0.25, -0.2) is 9.67 Å². The van der Waals surface area contributed by atoms with Gasteiger partial charge >= 0.3 is 0 Å². The molecule has 0 bridgehead atoms. The fraction of sp³-hybridized carbons (Fsp3) is 0.0833. The van der Waals surface area contributed by atoms with Crippen LogP contribution in [0.5, 0.6) is 0 Å².